The molecule has 2 aliphatic rings. The number of nitrogens with one attached hydrogen (secondary N) is 2. The van der Waals surface area contributed by atoms with Gasteiger partial charge in [0.15, 0.2) is 11.5 Å². The average Bonchev–Trinajstić information content (AvgIpc) is 3.64. The van der Waals surface area contributed by atoms with Crippen LogP contribution in [-0.2, 0) is 13.1 Å². The van der Waals surface area contributed by atoms with E-state index in [9.17, 15) is 4.39 Å². The second-order valence-corrected chi connectivity index (χ2v) is 11.4. The van der Waals surface area contributed by atoms with Gasteiger partial charge in [-0.25, -0.2) is 14.4 Å². The normalized spacial score (nSPS) is 18.0. The van der Waals surface area contributed by atoms with E-state index in [0.717, 1.165) is 77.3 Å². The maximum absolute atomic E-state index is 13.7. The summed E-state index contributed by atoms with van der Waals surface area (Å²) in [5.74, 6) is 2.22. The molecular formula is C33H31ClFN5O2. The quantitative estimate of drug-likeness (QED) is 0.202. The van der Waals surface area contributed by atoms with Gasteiger partial charge in [-0.3, -0.25) is 0 Å². The number of fused-ring (bicyclic) bond motifs is 2. The Morgan fingerprint density at radius 2 is 1.74 bits per heavy atom. The zero-order chi connectivity index (χ0) is 28.5. The van der Waals surface area contributed by atoms with E-state index in [1.807, 2.05) is 34.9 Å². The molecule has 2 N–H and O–H groups in total. The van der Waals surface area contributed by atoms with E-state index in [1.165, 1.54) is 11.6 Å². The highest BCUT2D eigenvalue weighted by molar-refractivity contribution is 6.33. The summed E-state index contributed by atoms with van der Waals surface area (Å²) < 4.78 is 26.7. The third-order valence-corrected chi connectivity index (χ3v) is 8.44. The van der Waals surface area contributed by atoms with Crippen LogP contribution in [0.5, 0.6) is 11.5 Å². The van der Waals surface area contributed by atoms with E-state index in [-0.39, 0.29) is 5.82 Å². The van der Waals surface area contributed by atoms with Gasteiger partial charge in [-0.2, -0.15) is 0 Å². The molecule has 3 heterocycles. The number of rotatable bonds is 8. The molecule has 0 atom stereocenters. The van der Waals surface area contributed by atoms with Gasteiger partial charge in [0.1, 0.15) is 11.6 Å². The van der Waals surface area contributed by atoms with Gasteiger partial charge in [0, 0.05) is 36.9 Å². The van der Waals surface area contributed by atoms with Crippen molar-refractivity contribution in [3.8, 4) is 22.6 Å². The number of hydrogen-bond acceptors (Lipinski definition) is 6. The third-order valence-electron chi connectivity index (χ3n) is 8.14. The van der Waals surface area contributed by atoms with E-state index >= 15 is 0 Å². The van der Waals surface area contributed by atoms with Gasteiger partial charge in [0.2, 0.25) is 6.79 Å². The summed E-state index contributed by atoms with van der Waals surface area (Å²) >= 11 is 6.64. The third kappa shape index (κ3) is 5.78. The Morgan fingerprint density at radius 3 is 2.62 bits per heavy atom. The summed E-state index contributed by atoms with van der Waals surface area (Å²) in [5.41, 5.74) is 5.82. The van der Waals surface area contributed by atoms with Crippen molar-refractivity contribution in [3.63, 3.8) is 0 Å². The molecule has 7 nitrogen and oxygen atoms in total. The first kappa shape index (κ1) is 26.7. The first-order valence-electron chi connectivity index (χ1n) is 14.3. The van der Waals surface area contributed by atoms with Crippen molar-refractivity contribution >= 4 is 28.5 Å². The molecule has 214 valence electrons. The number of benzene rings is 3. The van der Waals surface area contributed by atoms with Gasteiger partial charge in [-0.05, 0) is 84.8 Å². The van der Waals surface area contributed by atoms with E-state index in [0.29, 0.717) is 30.4 Å². The molecule has 0 spiro atoms. The largest absolute Gasteiger partial charge is 0.454 e. The Balaban J connectivity index is 0.996. The van der Waals surface area contributed by atoms with Crippen LogP contribution in [-0.4, -0.2) is 33.4 Å². The first-order chi connectivity index (χ1) is 20.6. The Kier molecular flexibility index (Phi) is 7.40. The Bertz CT molecular complexity index is 1730. The zero-order valence-corrected chi connectivity index (χ0v) is 23.8. The fourth-order valence-electron chi connectivity index (χ4n) is 5.89. The molecule has 1 aliphatic carbocycles. The highest BCUT2D eigenvalue weighted by Crippen LogP contribution is 2.34. The Labute approximate surface area is 248 Å². The van der Waals surface area contributed by atoms with Crippen molar-refractivity contribution in [2.24, 2.45) is 0 Å². The summed E-state index contributed by atoms with van der Waals surface area (Å²) in [6.07, 6.45) is 7.81. The standard InChI is InChI=1S/C33H31ClFN5O2/c34-28-17-37-33(39-26-8-6-25(7-9-26)36-16-21-4-11-31-32(13-21)42-20-41-31)15-27(28)23-5-10-29-30(14-23)40(19-38-29)18-22-2-1-3-24(35)12-22/h1-5,10-15,17,19,25-26,36H,6-9,16,18,20H2,(H,37,39). The molecule has 0 radical (unpaired) electrons. The lowest BCUT2D eigenvalue weighted by Gasteiger charge is -2.30. The highest BCUT2D eigenvalue weighted by Gasteiger charge is 2.22. The van der Waals surface area contributed by atoms with Crippen LogP contribution in [0.4, 0.5) is 10.2 Å². The van der Waals surface area contributed by atoms with Crippen molar-refractivity contribution < 1.29 is 13.9 Å². The van der Waals surface area contributed by atoms with Gasteiger partial charge in [0.05, 0.1) is 22.4 Å². The summed E-state index contributed by atoms with van der Waals surface area (Å²) in [5, 5.41) is 7.94. The van der Waals surface area contributed by atoms with Crippen LogP contribution in [0, 0.1) is 5.82 Å². The van der Waals surface area contributed by atoms with Crippen LogP contribution in [0.25, 0.3) is 22.2 Å². The number of imidazole rings is 1. The summed E-state index contributed by atoms with van der Waals surface area (Å²) in [7, 11) is 0. The van der Waals surface area contributed by atoms with Gasteiger partial charge in [0.25, 0.3) is 0 Å². The summed E-state index contributed by atoms with van der Waals surface area (Å²) in [4.78, 5) is 9.12. The Hall–Kier alpha value is -4.14. The molecule has 0 saturated heterocycles. The van der Waals surface area contributed by atoms with E-state index in [2.05, 4.69) is 38.8 Å². The number of ether oxygens (including phenoxy) is 2. The number of halogens is 2. The summed E-state index contributed by atoms with van der Waals surface area (Å²) in [6, 6.07) is 21.7. The predicted molar refractivity (Wildman–Crippen MR) is 163 cm³/mol. The monoisotopic (exact) mass is 583 g/mol. The lowest BCUT2D eigenvalue weighted by molar-refractivity contribution is 0.174. The van der Waals surface area contributed by atoms with Crippen molar-refractivity contribution in [3.05, 3.63) is 101 Å². The van der Waals surface area contributed by atoms with Crippen molar-refractivity contribution in [2.45, 2.75) is 50.9 Å². The minimum absolute atomic E-state index is 0.243. The minimum atomic E-state index is -0.243. The van der Waals surface area contributed by atoms with Gasteiger partial charge in [-0.15, -0.1) is 0 Å². The van der Waals surface area contributed by atoms with Gasteiger partial charge in [-0.1, -0.05) is 35.9 Å². The van der Waals surface area contributed by atoms with Crippen LogP contribution in [0.1, 0.15) is 36.8 Å². The molecule has 0 bridgehead atoms. The molecule has 1 fully saturated rings. The fraction of sp³-hybridized carbons (Fsp3) is 0.273. The number of nitrogens with zero attached hydrogens (tertiary/aromatic N) is 3. The van der Waals surface area contributed by atoms with E-state index in [4.69, 9.17) is 21.1 Å². The van der Waals surface area contributed by atoms with Crippen LogP contribution in [0.15, 0.2) is 79.3 Å². The highest BCUT2D eigenvalue weighted by atomic mass is 35.5. The number of pyridine rings is 1. The molecule has 1 aliphatic heterocycles. The average molecular weight is 584 g/mol. The maximum Gasteiger partial charge on any atom is 0.231 e. The molecule has 5 aromatic rings. The molecular weight excluding hydrogens is 553 g/mol. The molecule has 7 rings (SSSR count). The molecule has 42 heavy (non-hydrogen) atoms. The number of hydrogen-bond donors (Lipinski definition) is 2. The molecule has 3 aromatic carbocycles. The van der Waals surface area contributed by atoms with Crippen molar-refractivity contribution in [2.75, 3.05) is 12.1 Å². The van der Waals surface area contributed by atoms with Crippen LogP contribution < -0.4 is 20.1 Å². The number of aromatic nitrogens is 3. The second kappa shape index (κ2) is 11.6. The molecule has 1 saturated carbocycles. The lowest BCUT2D eigenvalue weighted by atomic mass is 9.91. The molecule has 0 unspecified atom stereocenters. The molecule has 9 heteroatoms. The maximum atomic E-state index is 13.7. The van der Waals surface area contributed by atoms with Crippen LogP contribution >= 0.6 is 11.6 Å². The number of anilines is 1. The Morgan fingerprint density at radius 1 is 0.881 bits per heavy atom. The zero-order valence-electron chi connectivity index (χ0n) is 23.0. The predicted octanol–water partition coefficient (Wildman–Crippen LogP) is 7.18. The minimum Gasteiger partial charge on any atom is -0.454 e. The van der Waals surface area contributed by atoms with Crippen LogP contribution in [0.2, 0.25) is 5.02 Å². The van der Waals surface area contributed by atoms with E-state index in [1.54, 1.807) is 24.7 Å². The van der Waals surface area contributed by atoms with Crippen molar-refractivity contribution in [1.29, 1.82) is 0 Å². The van der Waals surface area contributed by atoms with Gasteiger partial charge < -0.3 is 24.7 Å². The van der Waals surface area contributed by atoms with Crippen molar-refractivity contribution in [1.82, 2.24) is 19.9 Å². The summed E-state index contributed by atoms with van der Waals surface area (Å²) in [6.45, 7) is 1.64. The van der Waals surface area contributed by atoms with Crippen LogP contribution in [0.3, 0.4) is 0 Å². The SMILES string of the molecule is Fc1cccc(Cn2cnc3ccc(-c4cc(NC5CCC(NCc6ccc7c(c6)OCO7)CC5)ncc4Cl)cc32)c1. The first-order valence-corrected chi connectivity index (χ1v) is 14.7. The van der Waals surface area contributed by atoms with Gasteiger partial charge >= 0.3 is 0 Å². The second-order valence-electron chi connectivity index (χ2n) is 11.0. The van der Waals surface area contributed by atoms with E-state index < -0.39 is 0 Å². The molecule has 0 amide bonds. The topological polar surface area (TPSA) is 73.2 Å². The fourth-order valence-corrected chi connectivity index (χ4v) is 6.10. The molecule has 2 aromatic heterocycles. The lowest BCUT2D eigenvalue weighted by Crippen LogP contribution is -2.36. The smallest absolute Gasteiger partial charge is 0.231 e.